The fourth-order valence-corrected chi connectivity index (χ4v) is 2.29. The second kappa shape index (κ2) is 5.91. The quantitative estimate of drug-likeness (QED) is 0.550. The molecule has 0 saturated heterocycles. The molecule has 112 valence electrons. The van der Waals surface area contributed by atoms with Gasteiger partial charge in [0.15, 0.2) is 0 Å². The summed E-state index contributed by atoms with van der Waals surface area (Å²) >= 11 is 5.94. The first-order valence-corrected chi connectivity index (χ1v) is 6.99. The molecule has 0 bridgehead atoms. The summed E-state index contributed by atoms with van der Waals surface area (Å²) in [5.41, 5.74) is 7.55. The van der Waals surface area contributed by atoms with Crippen molar-refractivity contribution in [1.82, 2.24) is 4.57 Å². The van der Waals surface area contributed by atoms with E-state index >= 15 is 0 Å². The maximum atomic E-state index is 10.3. The third-order valence-electron chi connectivity index (χ3n) is 3.14. The second-order valence-corrected chi connectivity index (χ2v) is 5.11. The van der Waals surface area contributed by atoms with E-state index in [-0.39, 0.29) is 11.8 Å². The second-order valence-electron chi connectivity index (χ2n) is 4.67. The number of rotatable bonds is 4. The van der Waals surface area contributed by atoms with Crippen LogP contribution in [0.4, 0.5) is 11.4 Å². The number of aromatic nitrogens is 1. The summed E-state index contributed by atoms with van der Waals surface area (Å²) in [5, 5.41) is 20.9. The van der Waals surface area contributed by atoms with E-state index in [1.807, 2.05) is 30.3 Å². The van der Waals surface area contributed by atoms with Gasteiger partial charge in [0.1, 0.15) is 5.69 Å². The van der Waals surface area contributed by atoms with Crippen molar-refractivity contribution in [2.75, 3.05) is 10.9 Å². The van der Waals surface area contributed by atoms with E-state index in [1.54, 1.807) is 24.3 Å². The van der Waals surface area contributed by atoms with Gasteiger partial charge in [-0.3, -0.25) is 5.43 Å². The van der Waals surface area contributed by atoms with Crippen LogP contribution >= 0.6 is 11.6 Å². The Morgan fingerprint density at radius 1 is 0.864 bits per heavy atom. The molecular weight excluding hydrogens is 302 g/mol. The topological polar surface area (TPSA) is 69.4 Å². The zero-order valence-corrected chi connectivity index (χ0v) is 12.2. The Morgan fingerprint density at radius 2 is 1.64 bits per heavy atom. The van der Waals surface area contributed by atoms with Gasteiger partial charge in [0, 0.05) is 11.1 Å². The van der Waals surface area contributed by atoms with Crippen LogP contribution in [0.3, 0.4) is 0 Å². The molecular formula is C16H14ClN3O2. The van der Waals surface area contributed by atoms with E-state index in [2.05, 4.69) is 10.9 Å². The minimum Gasteiger partial charge on any atom is -0.494 e. The van der Waals surface area contributed by atoms with Crippen LogP contribution in [0.2, 0.25) is 5.02 Å². The lowest BCUT2D eigenvalue weighted by Crippen LogP contribution is -2.07. The molecule has 0 spiro atoms. The maximum Gasteiger partial charge on any atom is 0.224 e. The summed E-state index contributed by atoms with van der Waals surface area (Å²) in [5.74, 6) is -0.222. The van der Waals surface area contributed by atoms with Gasteiger partial charge in [-0.2, -0.15) is 0 Å². The van der Waals surface area contributed by atoms with Crippen LogP contribution in [0, 0.1) is 0 Å². The Balaban J connectivity index is 1.87. The zero-order chi connectivity index (χ0) is 15.5. The maximum absolute atomic E-state index is 10.3. The normalized spacial score (nSPS) is 10.4. The SMILES string of the molecule is Oc1cc(NNc2ccccc2)c(O)n1-c1cccc(Cl)c1. The standard InChI is InChI=1S/C16H14ClN3O2/c17-11-5-4-8-13(9-11)20-15(21)10-14(16(20)22)19-18-12-6-2-1-3-7-12/h1-10,18-19,21-22H. The van der Waals surface area contributed by atoms with Gasteiger partial charge >= 0.3 is 0 Å². The molecule has 0 unspecified atom stereocenters. The molecule has 3 rings (SSSR count). The number of nitrogens with zero attached hydrogens (tertiary/aromatic N) is 1. The van der Waals surface area contributed by atoms with Gasteiger partial charge in [-0.05, 0) is 30.3 Å². The predicted molar refractivity (Wildman–Crippen MR) is 87.8 cm³/mol. The lowest BCUT2D eigenvalue weighted by molar-refractivity contribution is 0.403. The van der Waals surface area contributed by atoms with E-state index in [9.17, 15) is 10.2 Å². The fraction of sp³-hybridized carbons (Fsp3) is 0. The minimum absolute atomic E-state index is 0.0999. The molecule has 0 aliphatic carbocycles. The molecule has 1 heterocycles. The van der Waals surface area contributed by atoms with Gasteiger partial charge in [0.05, 0.1) is 11.4 Å². The molecule has 6 heteroatoms. The van der Waals surface area contributed by atoms with E-state index in [0.717, 1.165) is 5.69 Å². The first-order chi connectivity index (χ1) is 10.6. The summed E-state index contributed by atoms with van der Waals surface area (Å²) in [6.45, 7) is 0. The molecule has 0 aliphatic heterocycles. The highest BCUT2D eigenvalue weighted by atomic mass is 35.5. The molecule has 1 aromatic heterocycles. The van der Waals surface area contributed by atoms with Crippen LogP contribution in [-0.4, -0.2) is 14.8 Å². The zero-order valence-electron chi connectivity index (χ0n) is 11.5. The van der Waals surface area contributed by atoms with Crippen LogP contribution in [0.25, 0.3) is 5.69 Å². The van der Waals surface area contributed by atoms with E-state index < -0.39 is 0 Å². The Bertz CT molecular complexity index is 787. The summed E-state index contributed by atoms with van der Waals surface area (Å²) in [6.07, 6.45) is 0. The Morgan fingerprint density at radius 3 is 2.36 bits per heavy atom. The number of hydrogen-bond donors (Lipinski definition) is 4. The van der Waals surface area contributed by atoms with Gasteiger partial charge in [-0.15, -0.1) is 0 Å². The minimum atomic E-state index is -0.122. The Hall–Kier alpha value is -2.79. The van der Waals surface area contributed by atoms with Crippen LogP contribution in [0.5, 0.6) is 11.8 Å². The van der Waals surface area contributed by atoms with E-state index in [4.69, 9.17) is 11.6 Å². The van der Waals surface area contributed by atoms with Crippen molar-refractivity contribution in [1.29, 1.82) is 0 Å². The van der Waals surface area contributed by atoms with Gasteiger partial charge in [-0.1, -0.05) is 35.9 Å². The van der Waals surface area contributed by atoms with Gasteiger partial charge in [0.2, 0.25) is 11.8 Å². The number of benzene rings is 2. The van der Waals surface area contributed by atoms with Crippen LogP contribution in [0.1, 0.15) is 0 Å². The number of halogens is 1. The molecule has 5 nitrogen and oxygen atoms in total. The lowest BCUT2D eigenvalue weighted by atomic mass is 10.3. The summed E-state index contributed by atoms with van der Waals surface area (Å²) in [6, 6.07) is 17.7. The number of hydrazine groups is 1. The number of para-hydroxylation sites is 1. The Labute approximate surface area is 132 Å². The summed E-state index contributed by atoms with van der Waals surface area (Å²) in [7, 11) is 0. The molecule has 2 aromatic carbocycles. The van der Waals surface area contributed by atoms with E-state index in [1.165, 1.54) is 10.6 Å². The highest BCUT2D eigenvalue weighted by molar-refractivity contribution is 6.30. The first-order valence-electron chi connectivity index (χ1n) is 6.62. The average molecular weight is 316 g/mol. The number of hydrogen-bond acceptors (Lipinski definition) is 4. The van der Waals surface area contributed by atoms with Crippen molar-refractivity contribution in [2.45, 2.75) is 0 Å². The van der Waals surface area contributed by atoms with Gasteiger partial charge in [-0.25, -0.2) is 4.57 Å². The third kappa shape index (κ3) is 2.80. The average Bonchev–Trinajstić information content (AvgIpc) is 2.80. The molecule has 0 radical (unpaired) electrons. The van der Waals surface area contributed by atoms with Gasteiger partial charge < -0.3 is 15.6 Å². The molecule has 22 heavy (non-hydrogen) atoms. The predicted octanol–water partition coefficient (Wildman–Crippen LogP) is 3.98. The number of anilines is 2. The monoisotopic (exact) mass is 315 g/mol. The summed E-state index contributed by atoms with van der Waals surface area (Å²) in [4.78, 5) is 0. The first kappa shape index (κ1) is 14.2. The van der Waals surface area contributed by atoms with Crippen molar-refractivity contribution >= 4 is 23.0 Å². The molecule has 4 N–H and O–H groups in total. The molecule has 0 fully saturated rings. The van der Waals surface area contributed by atoms with Crippen molar-refractivity contribution in [3.63, 3.8) is 0 Å². The molecule has 0 aliphatic rings. The molecule has 0 saturated carbocycles. The van der Waals surface area contributed by atoms with Crippen molar-refractivity contribution in [2.24, 2.45) is 0 Å². The van der Waals surface area contributed by atoms with Crippen molar-refractivity contribution in [3.8, 4) is 17.4 Å². The summed E-state index contributed by atoms with van der Waals surface area (Å²) < 4.78 is 1.29. The highest BCUT2D eigenvalue weighted by Crippen LogP contribution is 2.35. The smallest absolute Gasteiger partial charge is 0.224 e. The number of nitrogens with one attached hydrogen (secondary N) is 2. The van der Waals surface area contributed by atoms with Crippen molar-refractivity contribution in [3.05, 3.63) is 65.7 Å². The van der Waals surface area contributed by atoms with Crippen LogP contribution in [-0.2, 0) is 0 Å². The Kier molecular flexibility index (Phi) is 3.80. The van der Waals surface area contributed by atoms with Crippen molar-refractivity contribution < 1.29 is 10.2 Å². The van der Waals surface area contributed by atoms with E-state index in [0.29, 0.717) is 16.4 Å². The van der Waals surface area contributed by atoms with Crippen LogP contribution < -0.4 is 10.9 Å². The molecule has 3 aromatic rings. The lowest BCUT2D eigenvalue weighted by Gasteiger charge is -2.10. The molecule has 0 amide bonds. The number of aromatic hydroxyl groups is 2. The highest BCUT2D eigenvalue weighted by Gasteiger charge is 2.15. The third-order valence-corrected chi connectivity index (χ3v) is 3.37. The largest absolute Gasteiger partial charge is 0.494 e. The van der Waals surface area contributed by atoms with Gasteiger partial charge in [0.25, 0.3) is 0 Å². The van der Waals surface area contributed by atoms with Crippen LogP contribution in [0.15, 0.2) is 60.7 Å². The molecule has 0 atom stereocenters. The fourth-order valence-electron chi connectivity index (χ4n) is 2.11.